The number of ether oxygens (including phenoxy) is 1. The van der Waals surface area contributed by atoms with E-state index in [-0.39, 0.29) is 22.8 Å². The standard InChI is InChI=1S/C22H21F5N4O4.C2HF3O2/c1-11-17(20(32)28-10-22(2,9-23)30-21(33)34)31-7-12(18(26)27)6-16(19(31)29-11)35-8-13-14(24)4-3-5-15(13)25;3-2(4,5)1(6)7/h3-7,18,30H,8-10H2,1-2H3,(H,28,32)(H,33,34);(H,6,7). The van der Waals surface area contributed by atoms with Crippen molar-refractivity contribution in [3.05, 3.63) is 64.6 Å². The molecule has 0 aliphatic carbocycles. The zero-order valence-electron chi connectivity index (χ0n) is 21.5. The van der Waals surface area contributed by atoms with Gasteiger partial charge in [0, 0.05) is 18.3 Å². The maximum atomic E-state index is 14.0. The van der Waals surface area contributed by atoms with Crippen LogP contribution in [0.25, 0.3) is 5.65 Å². The summed E-state index contributed by atoms with van der Waals surface area (Å²) in [7, 11) is 0. The number of hydrogen-bond donors (Lipinski definition) is 4. The summed E-state index contributed by atoms with van der Waals surface area (Å²) in [5.41, 5.74) is -2.81. The first kappa shape index (κ1) is 33.6. The molecule has 0 saturated heterocycles. The Balaban J connectivity index is 0.000000782. The van der Waals surface area contributed by atoms with Gasteiger partial charge in [0.1, 0.15) is 30.6 Å². The molecule has 3 rings (SSSR count). The molecule has 0 aliphatic heterocycles. The summed E-state index contributed by atoms with van der Waals surface area (Å²) in [6.45, 7) is 0.418. The van der Waals surface area contributed by atoms with Crippen LogP contribution in [0.15, 0.2) is 30.5 Å². The van der Waals surface area contributed by atoms with Gasteiger partial charge in [0.15, 0.2) is 11.4 Å². The third kappa shape index (κ3) is 8.43. The molecule has 4 N–H and O–H groups in total. The van der Waals surface area contributed by atoms with E-state index in [1.54, 1.807) is 0 Å². The van der Waals surface area contributed by atoms with Crippen LogP contribution in [0.4, 0.5) is 39.9 Å². The average Bonchev–Trinajstić information content (AvgIpc) is 3.22. The lowest BCUT2D eigenvalue weighted by atomic mass is 10.1. The maximum Gasteiger partial charge on any atom is 0.490 e. The predicted octanol–water partition coefficient (Wildman–Crippen LogP) is 4.80. The normalized spacial score (nSPS) is 12.7. The number of aromatic nitrogens is 2. The van der Waals surface area contributed by atoms with Gasteiger partial charge in [-0.3, -0.25) is 9.20 Å². The molecule has 42 heavy (non-hydrogen) atoms. The van der Waals surface area contributed by atoms with Crippen LogP contribution in [0, 0.1) is 18.6 Å². The molecule has 2 aromatic heterocycles. The van der Waals surface area contributed by atoms with Gasteiger partial charge in [-0.25, -0.2) is 36.5 Å². The highest BCUT2D eigenvalue weighted by atomic mass is 19.4. The van der Waals surface area contributed by atoms with Crippen molar-refractivity contribution in [2.45, 2.75) is 38.6 Å². The third-order valence-electron chi connectivity index (χ3n) is 5.37. The van der Waals surface area contributed by atoms with E-state index in [9.17, 15) is 44.7 Å². The summed E-state index contributed by atoms with van der Waals surface area (Å²) in [5.74, 6) is -5.64. The Hall–Kier alpha value is -4.64. The molecule has 0 fully saturated rings. The fourth-order valence-electron chi connectivity index (χ4n) is 3.31. The molecule has 2 heterocycles. The minimum Gasteiger partial charge on any atom is -0.485 e. The average molecular weight is 614 g/mol. The molecule has 230 valence electrons. The molecule has 2 amide bonds. The number of hydrogen-bond acceptors (Lipinski definition) is 5. The molecule has 1 atom stereocenters. The number of carboxylic acids is 1. The van der Waals surface area contributed by atoms with E-state index < -0.39 is 78.7 Å². The van der Waals surface area contributed by atoms with Gasteiger partial charge in [-0.05, 0) is 32.0 Å². The van der Waals surface area contributed by atoms with Gasteiger partial charge in [-0.15, -0.1) is 0 Å². The smallest absolute Gasteiger partial charge is 0.485 e. The fraction of sp³-hybridized carbons (Fsp3) is 0.333. The Morgan fingerprint density at radius 3 is 2.17 bits per heavy atom. The Morgan fingerprint density at radius 1 is 1.12 bits per heavy atom. The first-order valence-corrected chi connectivity index (χ1v) is 11.4. The van der Waals surface area contributed by atoms with E-state index in [0.717, 1.165) is 34.9 Å². The Kier molecular flexibility index (Phi) is 10.7. The molecule has 10 nitrogen and oxygen atoms in total. The molecular weight excluding hydrogens is 592 g/mol. The number of nitrogens with one attached hydrogen (secondary N) is 2. The second-order valence-electron chi connectivity index (χ2n) is 8.78. The van der Waals surface area contributed by atoms with Gasteiger partial charge in [0.05, 0.1) is 16.8 Å². The Bertz CT molecular complexity index is 1440. The summed E-state index contributed by atoms with van der Waals surface area (Å²) in [5, 5.41) is 20.3. The van der Waals surface area contributed by atoms with Crippen molar-refractivity contribution in [1.82, 2.24) is 20.0 Å². The lowest BCUT2D eigenvalue weighted by Crippen LogP contribution is -2.55. The number of carboxylic acid groups (broad SMARTS) is 2. The SMILES string of the molecule is Cc1nc2c(OCc3c(F)cccc3F)cc(C(F)F)cn2c1C(=O)NCC(C)(CF)NC(=O)O.O=C(O)C(F)(F)F. The Labute approximate surface area is 230 Å². The number of fused-ring (bicyclic) bond motifs is 1. The molecule has 0 bridgehead atoms. The lowest BCUT2D eigenvalue weighted by molar-refractivity contribution is -0.192. The first-order chi connectivity index (χ1) is 19.4. The van der Waals surface area contributed by atoms with Crippen molar-refractivity contribution < 1.29 is 64.5 Å². The van der Waals surface area contributed by atoms with Gasteiger partial charge < -0.3 is 25.6 Å². The maximum absolute atomic E-state index is 14.0. The zero-order valence-corrected chi connectivity index (χ0v) is 21.5. The number of rotatable bonds is 9. The number of aliphatic carboxylic acids is 1. The fourth-order valence-corrected chi connectivity index (χ4v) is 3.31. The van der Waals surface area contributed by atoms with E-state index in [1.807, 2.05) is 5.32 Å². The number of imidazole rings is 1. The summed E-state index contributed by atoms with van der Waals surface area (Å²) in [4.78, 5) is 36.8. The highest BCUT2D eigenvalue weighted by molar-refractivity contribution is 5.95. The van der Waals surface area contributed by atoms with Gasteiger partial charge in [0.2, 0.25) is 0 Å². The second-order valence-corrected chi connectivity index (χ2v) is 8.78. The highest BCUT2D eigenvalue weighted by Crippen LogP contribution is 2.30. The molecule has 0 saturated carbocycles. The summed E-state index contributed by atoms with van der Waals surface area (Å²) in [6.07, 6.45) is -8.62. The second kappa shape index (κ2) is 13.3. The number of nitrogens with zero attached hydrogens (tertiary/aromatic N) is 2. The van der Waals surface area contributed by atoms with Gasteiger partial charge in [-0.2, -0.15) is 13.2 Å². The molecule has 1 unspecified atom stereocenters. The molecule has 1 aromatic carbocycles. The van der Waals surface area contributed by atoms with Gasteiger partial charge in [0.25, 0.3) is 12.3 Å². The minimum atomic E-state index is -5.08. The van der Waals surface area contributed by atoms with Crippen LogP contribution in [-0.2, 0) is 11.4 Å². The quantitative estimate of drug-likeness (QED) is 0.254. The van der Waals surface area contributed by atoms with Crippen LogP contribution < -0.4 is 15.4 Å². The highest BCUT2D eigenvalue weighted by Gasteiger charge is 2.38. The van der Waals surface area contributed by atoms with Crippen LogP contribution in [0.3, 0.4) is 0 Å². The number of carbonyl (C=O) groups excluding carboxylic acids is 1. The van der Waals surface area contributed by atoms with Crippen molar-refractivity contribution in [3.63, 3.8) is 0 Å². The summed E-state index contributed by atoms with van der Waals surface area (Å²) >= 11 is 0. The van der Waals surface area contributed by atoms with E-state index in [0.29, 0.717) is 0 Å². The summed E-state index contributed by atoms with van der Waals surface area (Å²) < 4.78 is 107. The van der Waals surface area contributed by atoms with Crippen LogP contribution in [0.1, 0.15) is 40.7 Å². The largest absolute Gasteiger partial charge is 0.490 e. The number of amides is 2. The van der Waals surface area contributed by atoms with Crippen molar-refractivity contribution in [2.75, 3.05) is 13.2 Å². The zero-order chi connectivity index (χ0) is 32.0. The van der Waals surface area contributed by atoms with E-state index in [4.69, 9.17) is 19.7 Å². The number of halogens is 8. The Morgan fingerprint density at radius 2 is 1.69 bits per heavy atom. The molecule has 0 radical (unpaired) electrons. The van der Waals surface area contributed by atoms with Crippen molar-refractivity contribution in [3.8, 4) is 5.75 Å². The molecule has 0 aliphatic rings. The first-order valence-electron chi connectivity index (χ1n) is 11.4. The van der Waals surface area contributed by atoms with Crippen LogP contribution >= 0.6 is 0 Å². The third-order valence-corrected chi connectivity index (χ3v) is 5.37. The van der Waals surface area contributed by atoms with Crippen LogP contribution in [0.5, 0.6) is 5.75 Å². The molecule has 0 spiro atoms. The monoisotopic (exact) mass is 614 g/mol. The number of alkyl halides is 6. The van der Waals surface area contributed by atoms with Crippen molar-refractivity contribution in [2.24, 2.45) is 0 Å². The molecular formula is C24H22F8N4O6. The minimum absolute atomic E-state index is 0.0780. The van der Waals surface area contributed by atoms with Gasteiger partial charge >= 0.3 is 18.2 Å². The van der Waals surface area contributed by atoms with Crippen molar-refractivity contribution in [1.29, 1.82) is 0 Å². The predicted molar refractivity (Wildman–Crippen MR) is 127 cm³/mol. The van der Waals surface area contributed by atoms with E-state index in [2.05, 4.69) is 10.3 Å². The number of pyridine rings is 1. The number of carbonyl (C=O) groups is 3. The van der Waals surface area contributed by atoms with Gasteiger partial charge in [-0.1, -0.05) is 6.07 Å². The lowest BCUT2D eigenvalue weighted by Gasteiger charge is -2.26. The number of benzene rings is 1. The van der Waals surface area contributed by atoms with E-state index >= 15 is 0 Å². The topological polar surface area (TPSA) is 142 Å². The summed E-state index contributed by atoms with van der Waals surface area (Å²) in [6, 6.07) is 4.13. The van der Waals surface area contributed by atoms with Crippen molar-refractivity contribution >= 4 is 23.6 Å². The molecule has 3 aromatic rings. The van der Waals surface area contributed by atoms with Crippen LogP contribution in [-0.4, -0.2) is 62.5 Å². The van der Waals surface area contributed by atoms with Crippen LogP contribution in [0.2, 0.25) is 0 Å². The molecule has 18 heteroatoms. The van der Waals surface area contributed by atoms with E-state index in [1.165, 1.54) is 13.8 Å². The number of aryl methyl sites for hydroxylation is 1.